The van der Waals surface area contributed by atoms with E-state index >= 15 is 0 Å². The van der Waals surface area contributed by atoms with Gasteiger partial charge in [0.25, 0.3) is 0 Å². The summed E-state index contributed by atoms with van der Waals surface area (Å²) in [5.41, 5.74) is 0.618. The molecule has 2 rings (SSSR count). The van der Waals surface area contributed by atoms with E-state index in [1.807, 2.05) is 25.1 Å². The number of aromatic carboxylic acids is 1. The van der Waals surface area contributed by atoms with E-state index in [1.165, 1.54) is 6.07 Å². The number of rotatable bonds is 8. The molecule has 0 spiro atoms. The number of nitrogens with one attached hydrogen (secondary N) is 1. The molecule has 2 aromatic carbocycles. The van der Waals surface area contributed by atoms with E-state index in [0.29, 0.717) is 23.6 Å². The molecule has 0 radical (unpaired) electrons. The molecule has 2 N–H and O–H groups in total. The molecule has 1 unspecified atom stereocenters. The zero-order valence-corrected chi connectivity index (χ0v) is 14.2. The number of amides is 1. The Kier molecular flexibility index (Phi) is 6.39. The van der Waals surface area contributed by atoms with Crippen LogP contribution in [0, 0.1) is 0 Å². The lowest BCUT2D eigenvalue weighted by molar-refractivity contribution is -0.120. The van der Waals surface area contributed by atoms with Gasteiger partial charge in [-0.25, -0.2) is 4.79 Å². The zero-order chi connectivity index (χ0) is 18.2. The minimum absolute atomic E-state index is 0.00829. The molecule has 0 heterocycles. The quantitative estimate of drug-likeness (QED) is 0.769. The minimum atomic E-state index is -1.04. The van der Waals surface area contributed by atoms with E-state index in [2.05, 4.69) is 5.32 Å². The number of ether oxygens (including phenoxy) is 2. The summed E-state index contributed by atoms with van der Waals surface area (Å²) < 4.78 is 10.9. The summed E-state index contributed by atoms with van der Waals surface area (Å²) in [6, 6.07) is 13.7. The van der Waals surface area contributed by atoms with Crippen molar-refractivity contribution in [2.24, 2.45) is 0 Å². The van der Waals surface area contributed by atoms with Crippen molar-refractivity contribution in [2.45, 2.75) is 19.4 Å². The molecule has 0 saturated carbocycles. The van der Waals surface area contributed by atoms with Gasteiger partial charge in [-0.3, -0.25) is 4.79 Å². The van der Waals surface area contributed by atoms with Crippen LogP contribution in [-0.2, 0) is 11.2 Å². The van der Waals surface area contributed by atoms with Crippen molar-refractivity contribution in [3.63, 3.8) is 0 Å². The zero-order valence-electron chi connectivity index (χ0n) is 14.2. The van der Waals surface area contributed by atoms with Gasteiger partial charge in [-0.05, 0) is 30.7 Å². The second-order valence-corrected chi connectivity index (χ2v) is 5.55. The Hall–Kier alpha value is -3.02. The third-order valence-corrected chi connectivity index (χ3v) is 3.56. The average molecular weight is 343 g/mol. The molecular weight excluding hydrogens is 322 g/mol. The standard InChI is InChI=1S/C19H21NO5/c1-13(25-16-8-5-7-15(11-16)24-2)12-20-18(21)10-14-6-3-4-9-17(14)19(22)23/h3-9,11,13H,10,12H2,1-2H3,(H,20,21)(H,22,23). The molecule has 0 aliphatic rings. The van der Waals surface area contributed by atoms with Gasteiger partial charge in [-0.15, -0.1) is 0 Å². The molecule has 0 saturated heterocycles. The van der Waals surface area contributed by atoms with Crippen LogP contribution in [0.4, 0.5) is 0 Å². The fourth-order valence-electron chi connectivity index (χ4n) is 2.32. The highest BCUT2D eigenvalue weighted by atomic mass is 16.5. The first kappa shape index (κ1) is 18.3. The van der Waals surface area contributed by atoms with Crippen molar-refractivity contribution in [1.82, 2.24) is 5.32 Å². The molecule has 0 aromatic heterocycles. The first-order valence-corrected chi connectivity index (χ1v) is 7.88. The van der Waals surface area contributed by atoms with Crippen LogP contribution >= 0.6 is 0 Å². The molecule has 0 aliphatic heterocycles. The summed E-state index contributed by atoms with van der Waals surface area (Å²) in [5.74, 6) is 0.0456. The molecule has 2 aromatic rings. The number of carbonyl (C=O) groups excluding carboxylic acids is 1. The van der Waals surface area contributed by atoms with Gasteiger partial charge < -0.3 is 19.9 Å². The first-order valence-electron chi connectivity index (χ1n) is 7.88. The van der Waals surface area contributed by atoms with Crippen LogP contribution < -0.4 is 14.8 Å². The summed E-state index contributed by atoms with van der Waals surface area (Å²) in [6.07, 6.45) is -0.236. The third-order valence-electron chi connectivity index (χ3n) is 3.56. The third kappa shape index (κ3) is 5.53. The maximum atomic E-state index is 12.1. The van der Waals surface area contributed by atoms with Gasteiger partial charge in [0, 0.05) is 6.07 Å². The number of hydrogen-bond acceptors (Lipinski definition) is 4. The number of benzene rings is 2. The number of carboxylic acids is 1. The predicted molar refractivity (Wildman–Crippen MR) is 93.2 cm³/mol. The van der Waals surface area contributed by atoms with E-state index in [4.69, 9.17) is 14.6 Å². The van der Waals surface area contributed by atoms with Crippen LogP contribution in [0.25, 0.3) is 0 Å². The molecule has 132 valence electrons. The lowest BCUT2D eigenvalue weighted by atomic mass is 10.0. The van der Waals surface area contributed by atoms with Crippen LogP contribution in [0.3, 0.4) is 0 Å². The molecule has 1 atom stereocenters. The number of methoxy groups -OCH3 is 1. The molecule has 1 amide bonds. The van der Waals surface area contributed by atoms with Gasteiger partial charge in [0.2, 0.25) is 5.91 Å². The molecule has 0 aliphatic carbocycles. The fourth-order valence-corrected chi connectivity index (χ4v) is 2.32. The highest BCUT2D eigenvalue weighted by molar-refractivity contribution is 5.91. The smallest absolute Gasteiger partial charge is 0.335 e. The van der Waals surface area contributed by atoms with Crippen LogP contribution in [0.15, 0.2) is 48.5 Å². The molecule has 6 nitrogen and oxygen atoms in total. The summed E-state index contributed by atoms with van der Waals surface area (Å²) in [4.78, 5) is 23.2. The largest absolute Gasteiger partial charge is 0.497 e. The Morgan fingerprint density at radius 1 is 1.12 bits per heavy atom. The maximum Gasteiger partial charge on any atom is 0.335 e. The molecule has 6 heteroatoms. The van der Waals surface area contributed by atoms with Crippen molar-refractivity contribution < 1.29 is 24.2 Å². The van der Waals surface area contributed by atoms with Gasteiger partial charge in [-0.1, -0.05) is 24.3 Å². The van der Waals surface area contributed by atoms with Crippen LogP contribution in [0.2, 0.25) is 0 Å². The lowest BCUT2D eigenvalue weighted by Gasteiger charge is -2.16. The second-order valence-electron chi connectivity index (χ2n) is 5.55. The minimum Gasteiger partial charge on any atom is -0.497 e. The molecule has 0 bridgehead atoms. The van der Waals surface area contributed by atoms with Crippen molar-refractivity contribution in [3.8, 4) is 11.5 Å². The summed E-state index contributed by atoms with van der Waals surface area (Å²) in [7, 11) is 1.58. The van der Waals surface area contributed by atoms with E-state index in [1.54, 1.807) is 31.4 Å². The van der Waals surface area contributed by atoms with Gasteiger partial charge in [-0.2, -0.15) is 0 Å². The predicted octanol–water partition coefficient (Wildman–Crippen LogP) is 2.52. The monoisotopic (exact) mass is 343 g/mol. The van der Waals surface area contributed by atoms with Crippen LogP contribution in [0.5, 0.6) is 11.5 Å². The lowest BCUT2D eigenvalue weighted by Crippen LogP contribution is -2.34. The summed E-state index contributed by atoms with van der Waals surface area (Å²) in [6.45, 7) is 2.15. The van der Waals surface area contributed by atoms with Gasteiger partial charge in [0.1, 0.15) is 17.6 Å². The SMILES string of the molecule is COc1cccc(OC(C)CNC(=O)Cc2ccccc2C(=O)O)c1. The van der Waals surface area contributed by atoms with Gasteiger partial charge >= 0.3 is 5.97 Å². The number of carbonyl (C=O) groups is 2. The second kappa shape index (κ2) is 8.73. The van der Waals surface area contributed by atoms with Crippen LogP contribution in [-0.4, -0.2) is 36.7 Å². The molecule has 25 heavy (non-hydrogen) atoms. The fraction of sp³-hybridized carbons (Fsp3) is 0.263. The molecular formula is C19H21NO5. The topological polar surface area (TPSA) is 84.9 Å². The Balaban J connectivity index is 1.86. The van der Waals surface area contributed by atoms with Crippen molar-refractivity contribution in [3.05, 3.63) is 59.7 Å². The highest BCUT2D eigenvalue weighted by Crippen LogP contribution is 2.19. The average Bonchev–Trinajstić information content (AvgIpc) is 2.60. The van der Waals surface area contributed by atoms with Gasteiger partial charge in [0.05, 0.1) is 25.6 Å². The molecule has 0 fully saturated rings. The van der Waals surface area contributed by atoms with E-state index < -0.39 is 5.97 Å². The Morgan fingerprint density at radius 3 is 2.56 bits per heavy atom. The van der Waals surface area contributed by atoms with Crippen LogP contribution in [0.1, 0.15) is 22.8 Å². The Bertz CT molecular complexity index is 744. The van der Waals surface area contributed by atoms with Crippen molar-refractivity contribution in [1.29, 1.82) is 0 Å². The summed E-state index contributed by atoms with van der Waals surface area (Å²) in [5, 5.41) is 11.9. The van der Waals surface area contributed by atoms with Gasteiger partial charge in [0.15, 0.2) is 0 Å². The number of carboxylic acid groups (broad SMARTS) is 1. The summed E-state index contributed by atoms with van der Waals surface area (Å²) >= 11 is 0. The van der Waals surface area contributed by atoms with Crippen molar-refractivity contribution in [2.75, 3.05) is 13.7 Å². The number of hydrogen-bond donors (Lipinski definition) is 2. The van der Waals surface area contributed by atoms with Crippen molar-refractivity contribution >= 4 is 11.9 Å². The first-order chi connectivity index (χ1) is 12.0. The Morgan fingerprint density at radius 2 is 1.84 bits per heavy atom. The maximum absolute atomic E-state index is 12.1. The Labute approximate surface area is 146 Å². The normalized spacial score (nSPS) is 11.4. The van der Waals surface area contributed by atoms with E-state index in [9.17, 15) is 9.59 Å². The van der Waals surface area contributed by atoms with E-state index in [-0.39, 0.29) is 24.0 Å². The highest BCUT2D eigenvalue weighted by Gasteiger charge is 2.13. The van der Waals surface area contributed by atoms with E-state index in [0.717, 1.165) is 0 Å².